The van der Waals surface area contributed by atoms with Crippen molar-refractivity contribution < 1.29 is 4.74 Å². The highest BCUT2D eigenvalue weighted by molar-refractivity contribution is 5.78. The highest BCUT2D eigenvalue weighted by Gasteiger charge is 2.09. The summed E-state index contributed by atoms with van der Waals surface area (Å²) < 4.78 is 4.98. The molecule has 0 amide bonds. The lowest BCUT2D eigenvalue weighted by molar-refractivity contribution is 0.144. The van der Waals surface area contributed by atoms with Gasteiger partial charge in [-0.05, 0) is 6.92 Å². The molecule has 0 saturated carbocycles. The molecule has 0 heterocycles. The third-order valence-corrected chi connectivity index (χ3v) is 1.83. The van der Waals surface area contributed by atoms with Crippen molar-refractivity contribution in [1.29, 1.82) is 5.41 Å². The lowest BCUT2D eigenvalue weighted by Crippen LogP contribution is -2.36. The Bertz CT molecular complexity index is 125. The summed E-state index contributed by atoms with van der Waals surface area (Å²) in [5, 5.41) is 7.52. The first-order chi connectivity index (χ1) is 5.13. The van der Waals surface area contributed by atoms with Crippen LogP contribution in [0, 0.1) is 5.41 Å². The smallest absolute Gasteiger partial charge is 0.0955 e. The molecule has 66 valence electrons. The Morgan fingerprint density at radius 1 is 1.64 bits per heavy atom. The van der Waals surface area contributed by atoms with E-state index >= 15 is 0 Å². The van der Waals surface area contributed by atoms with Gasteiger partial charge in [0.25, 0.3) is 0 Å². The first-order valence-electron chi connectivity index (χ1n) is 3.92. The number of ether oxygens (including phenoxy) is 1. The maximum Gasteiger partial charge on any atom is 0.0955 e. The Morgan fingerprint density at radius 2 is 2.18 bits per heavy atom. The van der Waals surface area contributed by atoms with Crippen molar-refractivity contribution in [1.82, 2.24) is 4.90 Å². The summed E-state index contributed by atoms with van der Waals surface area (Å²) in [5.41, 5.74) is 0. The van der Waals surface area contributed by atoms with Gasteiger partial charge in [0.2, 0.25) is 0 Å². The van der Waals surface area contributed by atoms with Gasteiger partial charge in [-0.1, -0.05) is 6.92 Å². The van der Waals surface area contributed by atoms with Gasteiger partial charge in [-0.3, -0.25) is 5.41 Å². The fourth-order valence-electron chi connectivity index (χ4n) is 0.868. The number of methoxy groups -OCH3 is 1. The molecule has 0 rings (SSSR count). The fourth-order valence-corrected chi connectivity index (χ4v) is 0.868. The second-order valence-electron chi connectivity index (χ2n) is 2.72. The standard InChI is InChI=1S/C8H18N2O/c1-5-8(9)10(3)7(2)6-11-4/h7,9H,5-6H2,1-4H3. The highest BCUT2D eigenvalue weighted by Crippen LogP contribution is 1.98. The first-order valence-corrected chi connectivity index (χ1v) is 3.92. The zero-order chi connectivity index (χ0) is 8.85. The van der Waals surface area contributed by atoms with Crippen molar-refractivity contribution in [2.75, 3.05) is 20.8 Å². The van der Waals surface area contributed by atoms with E-state index in [0.717, 1.165) is 6.42 Å². The molecule has 0 fully saturated rings. The molecule has 0 radical (unpaired) electrons. The summed E-state index contributed by atoms with van der Waals surface area (Å²) in [5.74, 6) is 0.662. The summed E-state index contributed by atoms with van der Waals surface area (Å²) in [6.45, 7) is 4.71. The number of rotatable bonds is 4. The molecule has 0 aliphatic rings. The van der Waals surface area contributed by atoms with Crippen LogP contribution >= 0.6 is 0 Å². The molecule has 0 aromatic carbocycles. The Balaban J connectivity index is 3.80. The number of nitrogens with zero attached hydrogens (tertiary/aromatic N) is 1. The van der Waals surface area contributed by atoms with Gasteiger partial charge in [0, 0.05) is 20.6 Å². The quantitative estimate of drug-likeness (QED) is 0.495. The Morgan fingerprint density at radius 3 is 2.55 bits per heavy atom. The van der Waals surface area contributed by atoms with E-state index < -0.39 is 0 Å². The summed E-state index contributed by atoms with van der Waals surface area (Å²) >= 11 is 0. The molecule has 1 atom stereocenters. The van der Waals surface area contributed by atoms with E-state index in [1.807, 2.05) is 25.8 Å². The van der Waals surface area contributed by atoms with Crippen LogP contribution in [0.5, 0.6) is 0 Å². The van der Waals surface area contributed by atoms with Gasteiger partial charge in [0.15, 0.2) is 0 Å². The van der Waals surface area contributed by atoms with Crippen molar-refractivity contribution in [3.05, 3.63) is 0 Å². The molecule has 0 aliphatic carbocycles. The minimum atomic E-state index is 0.299. The van der Waals surface area contributed by atoms with Crippen molar-refractivity contribution in [2.24, 2.45) is 0 Å². The predicted molar refractivity (Wildman–Crippen MR) is 47.1 cm³/mol. The monoisotopic (exact) mass is 158 g/mol. The first kappa shape index (κ1) is 10.4. The molecule has 0 bridgehead atoms. The van der Waals surface area contributed by atoms with Gasteiger partial charge in [0.1, 0.15) is 0 Å². The molecule has 3 heteroatoms. The molecule has 0 saturated heterocycles. The second-order valence-corrected chi connectivity index (χ2v) is 2.72. The van der Waals surface area contributed by atoms with Crippen molar-refractivity contribution >= 4 is 5.84 Å². The van der Waals surface area contributed by atoms with E-state index in [1.165, 1.54) is 0 Å². The van der Waals surface area contributed by atoms with Crippen LogP contribution in [0.25, 0.3) is 0 Å². The zero-order valence-electron chi connectivity index (χ0n) is 7.85. The molecule has 0 aromatic heterocycles. The van der Waals surface area contributed by atoms with Gasteiger partial charge in [-0.15, -0.1) is 0 Å². The van der Waals surface area contributed by atoms with E-state index in [-0.39, 0.29) is 0 Å². The summed E-state index contributed by atoms with van der Waals surface area (Å²) in [6.07, 6.45) is 0.782. The minimum absolute atomic E-state index is 0.299. The van der Waals surface area contributed by atoms with E-state index in [1.54, 1.807) is 7.11 Å². The number of hydrogen-bond donors (Lipinski definition) is 1. The molecule has 0 aromatic rings. The molecule has 11 heavy (non-hydrogen) atoms. The fraction of sp³-hybridized carbons (Fsp3) is 0.875. The van der Waals surface area contributed by atoms with Gasteiger partial charge < -0.3 is 9.64 Å². The average Bonchev–Trinajstić information content (AvgIpc) is 2.02. The van der Waals surface area contributed by atoms with Crippen LogP contribution < -0.4 is 0 Å². The molecular weight excluding hydrogens is 140 g/mol. The van der Waals surface area contributed by atoms with Gasteiger partial charge >= 0.3 is 0 Å². The van der Waals surface area contributed by atoms with Crippen LogP contribution in [0.1, 0.15) is 20.3 Å². The summed E-state index contributed by atoms with van der Waals surface area (Å²) in [7, 11) is 3.61. The van der Waals surface area contributed by atoms with Crippen molar-refractivity contribution in [3.8, 4) is 0 Å². The third-order valence-electron chi connectivity index (χ3n) is 1.83. The van der Waals surface area contributed by atoms with Crippen LogP contribution in [0.2, 0.25) is 0 Å². The van der Waals surface area contributed by atoms with Crippen LogP contribution in [0.3, 0.4) is 0 Å². The summed E-state index contributed by atoms with van der Waals surface area (Å²) in [6, 6.07) is 0.299. The van der Waals surface area contributed by atoms with Crippen LogP contribution in [-0.4, -0.2) is 37.5 Å². The van der Waals surface area contributed by atoms with Crippen molar-refractivity contribution in [2.45, 2.75) is 26.3 Å². The average molecular weight is 158 g/mol. The van der Waals surface area contributed by atoms with Crippen LogP contribution in [0.15, 0.2) is 0 Å². The van der Waals surface area contributed by atoms with E-state index in [9.17, 15) is 0 Å². The summed E-state index contributed by atoms with van der Waals surface area (Å²) in [4.78, 5) is 1.93. The maximum absolute atomic E-state index is 7.52. The number of amidine groups is 1. The maximum atomic E-state index is 7.52. The Hall–Kier alpha value is -0.570. The lowest BCUT2D eigenvalue weighted by atomic mass is 10.3. The van der Waals surface area contributed by atoms with Crippen LogP contribution in [-0.2, 0) is 4.74 Å². The minimum Gasteiger partial charge on any atom is -0.383 e. The molecule has 3 nitrogen and oxygen atoms in total. The Kier molecular flexibility index (Phi) is 4.86. The van der Waals surface area contributed by atoms with Crippen molar-refractivity contribution in [3.63, 3.8) is 0 Å². The lowest BCUT2D eigenvalue weighted by Gasteiger charge is -2.25. The van der Waals surface area contributed by atoms with Gasteiger partial charge in [0.05, 0.1) is 18.5 Å². The SMILES string of the molecule is CCC(=N)N(C)C(C)COC. The number of nitrogens with one attached hydrogen (secondary N) is 1. The molecule has 0 spiro atoms. The zero-order valence-corrected chi connectivity index (χ0v) is 7.85. The number of hydrogen-bond acceptors (Lipinski definition) is 2. The Labute approximate surface area is 68.9 Å². The normalized spacial score (nSPS) is 12.7. The van der Waals surface area contributed by atoms with E-state index in [0.29, 0.717) is 18.5 Å². The van der Waals surface area contributed by atoms with E-state index in [4.69, 9.17) is 10.1 Å². The highest BCUT2D eigenvalue weighted by atomic mass is 16.5. The third kappa shape index (κ3) is 3.37. The number of likely N-dealkylation sites (N-methyl/N-ethyl adjacent to an activating group) is 1. The van der Waals surface area contributed by atoms with Crippen LogP contribution in [0.4, 0.5) is 0 Å². The largest absolute Gasteiger partial charge is 0.383 e. The second kappa shape index (κ2) is 5.13. The van der Waals surface area contributed by atoms with Gasteiger partial charge in [-0.2, -0.15) is 0 Å². The molecular formula is C8H18N2O. The molecule has 0 aliphatic heterocycles. The topological polar surface area (TPSA) is 36.3 Å². The predicted octanol–water partition coefficient (Wildman–Crippen LogP) is 1.34. The molecule has 1 unspecified atom stereocenters. The molecule has 1 N–H and O–H groups in total. The van der Waals surface area contributed by atoms with Gasteiger partial charge in [-0.25, -0.2) is 0 Å². The van der Waals surface area contributed by atoms with E-state index in [2.05, 4.69) is 0 Å².